The number of nitrogens with one attached hydrogen (secondary N) is 2. The lowest BCUT2D eigenvalue weighted by molar-refractivity contribution is -0.383. The molecule has 7 heteroatoms. The zero-order valence-electron chi connectivity index (χ0n) is 12.6. The Morgan fingerprint density at radius 1 is 1.22 bits per heavy atom. The number of urea groups is 1. The van der Waals surface area contributed by atoms with Gasteiger partial charge in [0.15, 0.2) is 0 Å². The summed E-state index contributed by atoms with van der Waals surface area (Å²) in [7, 11) is 0. The Balaban J connectivity index is 1.79. The molecule has 2 aromatic rings. The van der Waals surface area contributed by atoms with Gasteiger partial charge in [-0.2, -0.15) is 0 Å². The number of nitro benzene ring substituents is 1. The molecule has 0 aliphatic carbocycles. The molecule has 120 valence electrons. The number of nitro groups is 1. The predicted octanol–water partition coefficient (Wildman–Crippen LogP) is 3.10. The van der Waals surface area contributed by atoms with Gasteiger partial charge < -0.3 is 15.4 Å². The van der Waals surface area contributed by atoms with Gasteiger partial charge in [-0.05, 0) is 30.7 Å². The minimum Gasteiger partial charge on any atom is -0.492 e. The topological polar surface area (TPSA) is 93.5 Å². The summed E-state index contributed by atoms with van der Waals surface area (Å²) in [4.78, 5) is 22.1. The molecule has 0 fully saturated rings. The Bertz CT molecular complexity index is 703. The van der Waals surface area contributed by atoms with Gasteiger partial charge in [-0.3, -0.25) is 10.1 Å². The number of benzene rings is 2. The first-order chi connectivity index (χ1) is 11.1. The van der Waals surface area contributed by atoms with Crippen LogP contribution < -0.4 is 15.4 Å². The summed E-state index contributed by atoms with van der Waals surface area (Å²) in [5.41, 5.74) is 1.08. The van der Waals surface area contributed by atoms with E-state index in [2.05, 4.69) is 10.6 Å². The van der Waals surface area contributed by atoms with Crippen LogP contribution in [0.1, 0.15) is 5.56 Å². The Morgan fingerprint density at radius 3 is 2.74 bits per heavy atom. The fourth-order valence-corrected chi connectivity index (χ4v) is 1.94. The second kappa shape index (κ2) is 7.79. The average Bonchev–Trinajstić information content (AvgIpc) is 2.52. The minimum atomic E-state index is -0.545. The number of hydrogen-bond acceptors (Lipinski definition) is 4. The van der Waals surface area contributed by atoms with E-state index >= 15 is 0 Å². The molecule has 0 unspecified atom stereocenters. The third-order valence-corrected chi connectivity index (χ3v) is 2.99. The summed E-state index contributed by atoms with van der Waals surface area (Å²) in [5.74, 6) is 0.728. The van der Waals surface area contributed by atoms with Gasteiger partial charge in [-0.25, -0.2) is 4.79 Å². The number of para-hydroxylation sites is 2. The second-order valence-electron chi connectivity index (χ2n) is 4.82. The first-order valence-electron chi connectivity index (χ1n) is 7.04. The monoisotopic (exact) mass is 315 g/mol. The van der Waals surface area contributed by atoms with Crippen LogP contribution in [0, 0.1) is 17.0 Å². The molecule has 0 aromatic heterocycles. The molecular weight excluding hydrogens is 298 g/mol. The molecule has 0 atom stereocenters. The normalized spacial score (nSPS) is 9.96. The van der Waals surface area contributed by atoms with Crippen molar-refractivity contribution in [3.8, 4) is 5.75 Å². The van der Waals surface area contributed by atoms with E-state index in [1.165, 1.54) is 18.2 Å². The number of carbonyl (C=O) groups excluding carboxylic acids is 1. The molecule has 0 saturated heterocycles. The molecule has 23 heavy (non-hydrogen) atoms. The van der Waals surface area contributed by atoms with Crippen molar-refractivity contribution in [3.05, 3.63) is 64.2 Å². The first kappa shape index (κ1) is 16.3. The van der Waals surface area contributed by atoms with Gasteiger partial charge in [-0.1, -0.05) is 24.3 Å². The Morgan fingerprint density at radius 2 is 2.00 bits per heavy atom. The Kier molecular flexibility index (Phi) is 5.51. The number of anilines is 1. The Labute approximate surface area is 133 Å². The van der Waals surface area contributed by atoms with Gasteiger partial charge in [0, 0.05) is 6.07 Å². The van der Waals surface area contributed by atoms with Crippen LogP contribution >= 0.6 is 0 Å². The summed E-state index contributed by atoms with van der Waals surface area (Å²) in [6.45, 7) is 2.54. The zero-order valence-corrected chi connectivity index (χ0v) is 12.6. The highest BCUT2D eigenvalue weighted by Crippen LogP contribution is 2.22. The summed E-state index contributed by atoms with van der Waals surface area (Å²) in [5, 5.41) is 15.9. The maximum Gasteiger partial charge on any atom is 0.319 e. The Hall–Kier alpha value is -3.09. The zero-order chi connectivity index (χ0) is 16.7. The van der Waals surface area contributed by atoms with E-state index in [9.17, 15) is 14.9 Å². The lowest BCUT2D eigenvalue weighted by Crippen LogP contribution is -2.32. The fraction of sp³-hybridized carbons (Fsp3) is 0.188. The van der Waals surface area contributed by atoms with Crippen LogP contribution in [0.4, 0.5) is 16.2 Å². The first-order valence-corrected chi connectivity index (χ1v) is 7.04. The summed E-state index contributed by atoms with van der Waals surface area (Å²) >= 11 is 0. The predicted molar refractivity (Wildman–Crippen MR) is 86.8 cm³/mol. The number of hydrogen-bond donors (Lipinski definition) is 2. The van der Waals surface area contributed by atoms with Crippen molar-refractivity contribution in [2.24, 2.45) is 0 Å². The lowest BCUT2D eigenvalue weighted by atomic mass is 10.2. The quantitative estimate of drug-likeness (QED) is 0.486. The average molecular weight is 315 g/mol. The SMILES string of the molecule is Cc1cccc(OCCNC(=O)Nc2ccccc2[N+](=O)[O-])c1. The van der Waals surface area contributed by atoms with E-state index in [1.807, 2.05) is 31.2 Å². The van der Waals surface area contributed by atoms with Crippen molar-refractivity contribution >= 4 is 17.4 Å². The third-order valence-electron chi connectivity index (χ3n) is 2.99. The number of aryl methyl sites for hydroxylation is 1. The van der Waals surface area contributed by atoms with E-state index in [0.717, 1.165) is 11.3 Å². The molecule has 2 rings (SSSR count). The maximum absolute atomic E-state index is 11.8. The van der Waals surface area contributed by atoms with Gasteiger partial charge >= 0.3 is 6.03 Å². The van der Waals surface area contributed by atoms with Gasteiger partial charge in [0.2, 0.25) is 0 Å². The second-order valence-corrected chi connectivity index (χ2v) is 4.82. The molecule has 0 aliphatic heterocycles. The van der Waals surface area contributed by atoms with E-state index in [0.29, 0.717) is 6.61 Å². The smallest absolute Gasteiger partial charge is 0.319 e. The van der Waals surface area contributed by atoms with Crippen molar-refractivity contribution < 1.29 is 14.5 Å². The molecule has 0 radical (unpaired) electrons. The highest BCUT2D eigenvalue weighted by atomic mass is 16.6. The fourth-order valence-electron chi connectivity index (χ4n) is 1.94. The van der Waals surface area contributed by atoms with Crippen molar-refractivity contribution in [3.63, 3.8) is 0 Å². The summed E-state index contributed by atoms with van der Waals surface area (Å²) in [6, 6.07) is 13.0. The van der Waals surface area contributed by atoms with Crippen LogP contribution in [0.5, 0.6) is 5.75 Å². The van der Waals surface area contributed by atoms with E-state index in [1.54, 1.807) is 6.07 Å². The maximum atomic E-state index is 11.8. The standard InChI is InChI=1S/C16H17N3O4/c1-12-5-4-6-13(11-12)23-10-9-17-16(20)18-14-7-2-3-8-15(14)19(21)22/h2-8,11H,9-10H2,1H3,(H2,17,18,20). The largest absolute Gasteiger partial charge is 0.492 e. The highest BCUT2D eigenvalue weighted by Gasteiger charge is 2.14. The third kappa shape index (κ3) is 4.99. The van der Waals surface area contributed by atoms with Crippen molar-refractivity contribution in [1.29, 1.82) is 0 Å². The van der Waals surface area contributed by atoms with E-state index in [-0.39, 0.29) is 17.9 Å². The highest BCUT2D eigenvalue weighted by molar-refractivity contribution is 5.91. The number of carbonyl (C=O) groups is 1. The van der Waals surface area contributed by atoms with E-state index < -0.39 is 11.0 Å². The van der Waals surface area contributed by atoms with Gasteiger partial charge in [0.25, 0.3) is 5.69 Å². The van der Waals surface area contributed by atoms with Crippen molar-refractivity contribution in [1.82, 2.24) is 5.32 Å². The molecule has 2 N–H and O–H groups in total. The minimum absolute atomic E-state index is 0.148. The van der Waals surface area contributed by atoms with Crippen LogP contribution in [-0.4, -0.2) is 24.1 Å². The number of ether oxygens (including phenoxy) is 1. The number of nitrogens with zero attached hydrogens (tertiary/aromatic N) is 1. The summed E-state index contributed by atoms with van der Waals surface area (Å²) < 4.78 is 5.50. The van der Waals surface area contributed by atoms with Crippen molar-refractivity contribution in [2.45, 2.75) is 6.92 Å². The summed E-state index contributed by atoms with van der Waals surface area (Å²) in [6.07, 6.45) is 0. The van der Waals surface area contributed by atoms with Crippen LogP contribution in [0.2, 0.25) is 0 Å². The molecule has 0 aliphatic rings. The van der Waals surface area contributed by atoms with Crippen LogP contribution in [0.25, 0.3) is 0 Å². The van der Waals surface area contributed by atoms with Crippen LogP contribution in [-0.2, 0) is 0 Å². The van der Waals surface area contributed by atoms with Crippen LogP contribution in [0.15, 0.2) is 48.5 Å². The van der Waals surface area contributed by atoms with Gasteiger partial charge in [-0.15, -0.1) is 0 Å². The molecule has 0 spiro atoms. The molecule has 0 bridgehead atoms. The molecule has 0 saturated carbocycles. The molecule has 7 nitrogen and oxygen atoms in total. The molecule has 2 amide bonds. The van der Waals surface area contributed by atoms with Crippen LogP contribution in [0.3, 0.4) is 0 Å². The van der Waals surface area contributed by atoms with Crippen molar-refractivity contribution in [2.75, 3.05) is 18.5 Å². The number of amides is 2. The van der Waals surface area contributed by atoms with Gasteiger partial charge in [0.1, 0.15) is 18.0 Å². The molecular formula is C16H17N3O4. The lowest BCUT2D eigenvalue weighted by Gasteiger charge is -2.09. The molecule has 2 aromatic carbocycles. The molecule has 0 heterocycles. The number of rotatable bonds is 6. The van der Waals surface area contributed by atoms with Gasteiger partial charge in [0.05, 0.1) is 11.5 Å². The van der Waals surface area contributed by atoms with E-state index in [4.69, 9.17) is 4.74 Å².